The highest BCUT2D eigenvalue weighted by molar-refractivity contribution is 7.31. The van der Waals surface area contributed by atoms with Gasteiger partial charge in [0, 0.05) is 16.3 Å². The molecule has 4 nitrogen and oxygen atoms in total. The molecule has 5 heteroatoms. The molecule has 0 amide bonds. The zero-order chi connectivity index (χ0) is 33.6. The molecule has 1 heterocycles. The summed E-state index contributed by atoms with van der Waals surface area (Å²) in [4.78, 5) is 0. The fourth-order valence-corrected chi connectivity index (χ4v) is 6.98. The van der Waals surface area contributed by atoms with Gasteiger partial charge in [-0.25, -0.2) is 0 Å². The second-order valence-electron chi connectivity index (χ2n) is 16.6. The topological polar surface area (TPSA) is 55.7 Å². The van der Waals surface area contributed by atoms with Crippen LogP contribution >= 0.6 is 8.24 Å². The number of benzene rings is 3. The molecule has 0 aliphatic rings. The van der Waals surface area contributed by atoms with E-state index in [1.807, 2.05) is 6.92 Å². The summed E-state index contributed by atoms with van der Waals surface area (Å²) in [6.07, 6.45) is 1.66. The fraction of sp³-hybridized carbons (Fsp3) is 0.550. The first kappa shape index (κ1) is 35.2. The summed E-state index contributed by atoms with van der Waals surface area (Å²) in [5, 5.41) is 12.9. The quantitative estimate of drug-likeness (QED) is 0.206. The molecule has 0 aliphatic carbocycles. The minimum Gasteiger partial charge on any atom is -0.507 e. The molecular formula is C40H57O4P. The minimum atomic E-state index is -1.70. The standard InChI is InChI=1S/C40H57O4P/c1-24(2)28-20-31-32-23-29(38(6,7)8)22-30(25(3)4)36(32)43-45(44-37(31)34(21-28)40(12,13)14)42-17-15-16-27-18-26(5)35(41)33(19-27)39(9,10)11/h18-25,41H,15-17H2,1-14H3. The van der Waals surface area contributed by atoms with Crippen LogP contribution in [0.2, 0.25) is 0 Å². The normalized spacial score (nSPS) is 13.5. The molecule has 0 radical (unpaired) electrons. The summed E-state index contributed by atoms with van der Waals surface area (Å²) in [5.74, 6) is 1.04. The van der Waals surface area contributed by atoms with Crippen LogP contribution in [-0.2, 0) is 22.7 Å². The van der Waals surface area contributed by atoms with Gasteiger partial charge in [0.2, 0.25) is 0 Å². The molecule has 0 saturated carbocycles. The van der Waals surface area contributed by atoms with Crippen LogP contribution < -0.4 is 4.52 Å². The number of rotatable bonds is 7. The highest BCUT2D eigenvalue weighted by atomic mass is 31.1. The van der Waals surface area contributed by atoms with E-state index in [2.05, 4.69) is 126 Å². The lowest BCUT2D eigenvalue weighted by Gasteiger charge is -2.23. The van der Waals surface area contributed by atoms with Gasteiger partial charge in [-0.15, -0.1) is 0 Å². The number of aryl methyl sites for hydroxylation is 2. The van der Waals surface area contributed by atoms with E-state index in [1.54, 1.807) is 0 Å². The number of hydrogen-bond donors (Lipinski definition) is 1. The second kappa shape index (κ2) is 12.8. The lowest BCUT2D eigenvalue weighted by molar-refractivity contribution is 0.364. The number of hydrogen-bond acceptors (Lipinski definition) is 4. The lowest BCUT2D eigenvalue weighted by atomic mass is 9.81. The Hall–Kier alpha value is -2.68. The zero-order valence-corrected chi connectivity index (χ0v) is 31.3. The summed E-state index contributed by atoms with van der Waals surface area (Å²) in [6.45, 7) is 31.5. The SMILES string of the molecule is Cc1cc(CCCOp2oc3c(C(C)C)cc(C(C)(C)C)cc3c3cc(C(C)C)cc(C(C)(C)C)c3o2)cc(C(C)(C)C)c1O. The molecule has 246 valence electrons. The Labute approximate surface area is 273 Å². The number of aromatic hydroxyl groups is 1. The molecular weight excluding hydrogens is 575 g/mol. The van der Waals surface area contributed by atoms with Crippen LogP contribution in [0.15, 0.2) is 44.8 Å². The van der Waals surface area contributed by atoms with Crippen molar-refractivity contribution in [2.75, 3.05) is 6.61 Å². The van der Waals surface area contributed by atoms with Gasteiger partial charge in [-0.3, -0.25) is 4.52 Å². The van der Waals surface area contributed by atoms with E-state index in [-0.39, 0.29) is 22.2 Å². The van der Waals surface area contributed by atoms with Gasteiger partial charge in [0.15, 0.2) is 0 Å². The average molecular weight is 633 g/mol. The molecule has 1 aromatic heterocycles. The van der Waals surface area contributed by atoms with Crippen LogP contribution in [0.25, 0.3) is 21.9 Å². The van der Waals surface area contributed by atoms with Gasteiger partial charge >= 0.3 is 8.24 Å². The third kappa shape index (κ3) is 7.83. The van der Waals surface area contributed by atoms with Crippen molar-refractivity contribution in [3.8, 4) is 5.75 Å². The van der Waals surface area contributed by atoms with Gasteiger partial charge in [-0.05, 0) is 93.4 Å². The van der Waals surface area contributed by atoms with Crippen molar-refractivity contribution in [1.82, 2.24) is 0 Å². The Morgan fingerprint density at radius 2 is 1.31 bits per heavy atom. The Bertz CT molecular complexity index is 1720. The summed E-state index contributed by atoms with van der Waals surface area (Å²) in [6, 6.07) is 13.5. The highest BCUT2D eigenvalue weighted by Crippen LogP contribution is 2.44. The summed E-state index contributed by atoms with van der Waals surface area (Å²) >= 11 is 0. The molecule has 4 rings (SSSR count). The highest BCUT2D eigenvalue weighted by Gasteiger charge is 2.25. The second-order valence-corrected chi connectivity index (χ2v) is 17.7. The largest absolute Gasteiger partial charge is 0.507 e. The molecule has 45 heavy (non-hydrogen) atoms. The van der Waals surface area contributed by atoms with E-state index >= 15 is 0 Å². The zero-order valence-electron chi connectivity index (χ0n) is 30.4. The van der Waals surface area contributed by atoms with Crippen LogP contribution in [-0.4, -0.2) is 11.7 Å². The molecule has 3 aromatic carbocycles. The van der Waals surface area contributed by atoms with Gasteiger partial charge < -0.3 is 13.5 Å². The third-order valence-corrected chi connectivity index (χ3v) is 9.84. The van der Waals surface area contributed by atoms with Crippen molar-refractivity contribution < 1.29 is 18.0 Å². The van der Waals surface area contributed by atoms with E-state index in [0.717, 1.165) is 45.9 Å². The van der Waals surface area contributed by atoms with E-state index in [4.69, 9.17) is 12.9 Å². The smallest absolute Gasteiger partial charge is 0.387 e. The molecule has 1 N–H and O–H groups in total. The monoisotopic (exact) mass is 632 g/mol. The molecule has 1 atom stereocenters. The maximum absolute atomic E-state index is 10.7. The maximum atomic E-state index is 10.7. The average Bonchev–Trinajstić information content (AvgIpc) is 3.06. The van der Waals surface area contributed by atoms with Gasteiger partial charge in [0.25, 0.3) is 0 Å². The van der Waals surface area contributed by atoms with Gasteiger partial charge in [-0.1, -0.05) is 114 Å². The summed E-state index contributed by atoms with van der Waals surface area (Å²) in [7, 11) is -1.70. The van der Waals surface area contributed by atoms with Crippen molar-refractivity contribution >= 4 is 30.2 Å². The van der Waals surface area contributed by atoms with Gasteiger partial charge in [-0.2, -0.15) is 0 Å². The molecule has 0 spiro atoms. The van der Waals surface area contributed by atoms with Crippen molar-refractivity contribution in [1.29, 1.82) is 0 Å². The molecule has 0 fully saturated rings. The minimum absolute atomic E-state index is 0.0187. The van der Waals surface area contributed by atoms with E-state index < -0.39 is 8.24 Å². The maximum Gasteiger partial charge on any atom is 0.387 e. The Morgan fingerprint density at radius 1 is 0.711 bits per heavy atom. The number of phenols is 1. The Balaban J connectivity index is 1.88. The summed E-state index contributed by atoms with van der Waals surface area (Å²) in [5.41, 5.74) is 9.53. The first-order valence-electron chi connectivity index (χ1n) is 16.7. The van der Waals surface area contributed by atoms with Crippen LogP contribution in [0.1, 0.15) is 147 Å². The van der Waals surface area contributed by atoms with E-state index in [9.17, 15) is 5.11 Å². The van der Waals surface area contributed by atoms with Gasteiger partial charge in [0.1, 0.15) is 16.9 Å². The van der Waals surface area contributed by atoms with Crippen molar-refractivity contribution in [2.24, 2.45) is 0 Å². The Morgan fingerprint density at radius 3 is 1.87 bits per heavy atom. The lowest BCUT2D eigenvalue weighted by Crippen LogP contribution is -2.13. The Kier molecular flexibility index (Phi) is 10.0. The third-order valence-electron chi connectivity index (χ3n) is 8.79. The van der Waals surface area contributed by atoms with Crippen LogP contribution in [0.3, 0.4) is 0 Å². The molecule has 4 aromatic rings. The van der Waals surface area contributed by atoms with E-state index in [1.165, 1.54) is 27.8 Å². The predicted octanol–water partition coefficient (Wildman–Crippen LogP) is 12.5. The molecule has 0 bridgehead atoms. The van der Waals surface area contributed by atoms with Crippen molar-refractivity contribution in [2.45, 2.75) is 138 Å². The predicted molar refractivity (Wildman–Crippen MR) is 193 cm³/mol. The first-order valence-corrected chi connectivity index (χ1v) is 17.8. The van der Waals surface area contributed by atoms with E-state index in [0.29, 0.717) is 18.3 Å². The van der Waals surface area contributed by atoms with Crippen molar-refractivity contribution in [3.63, 3.8) is 0 Å². The molecule has 0 aliphatic heterocycles. The van der Waals surface area contributed by atoms with Crippen LogP contribution in [0.4, 0.5) is 0 Å². The van der Waals surface area contributed by atoms with Crippen molar-refractivity contribution in [3.05, 3.63) is 75.3 Å². The van der Waals surface area contributed by atoms with Gasteiger partial charge in [0.05, 0.1) is 6.61 Å². The molecule has 0 saturated heterocycles. The fourth-order valence-electron chi connectivity index (χ4n) is 5.86. The first-order chi connectivity index (χ1) is 20.7. The molecule has 1 unspecified atom stereocenters. The van der Waals surface area contributed by atoms with Crippen LogP contribution in [0.5, 0.6) is 5.75 Å². The number of fused-ring (bicyclic) bond motifs is 3. The number of phenolic OH excluding ortho intramolecular Hbond substituents is 1. The summed E-state index contributed by atoms with van der Waals surface area (Å²) < 4.78 is 20.1. The van der Waals surface area contributed by atoms with Crippen LogP contribution in [0, 0.1) is 6.92 Å².